The molecule has 0 bridgehead atoms. The minimum Gasteiger partial charge on any atom is -0.424 e. The first-order valence-corrected chi connectivity index (χ1v) is 7.56. The van der Waals surface area contributed by atoms with Crippen LogP contribution in [0.15, 0.2) is 42.5 Å². The molecule has 0 radical (unpaired) electrons. The largest absolute Gasteiger partial charge is 0.492 e. The van der Waals surface area contributed by atoms with E-state index in [4.69, 9.17) is 21.1 Å². The minimum atomic E-state index is -5.18. The maximum absolute atomic E-state index is 13.6. The van der Waals surface area contributed by atoms with Crippen LogP contribution in [0.3, 0.4) is 0 Å². The van der Waals surface area contributed by atoms with Crippen LogP contribution in [-0.4, -0.2) is 23.0 Å². The zero-order chi connectivity index (χ0) is 19.8. The fourth-order valence-corrected chi connectivity index (χ4v) is 2.42. The summed E-state index contributed by atoms with van der Waals surface area (Å²) in [6.07, 6.45) is -5.18. The maximum Gasteiger partial charge on any atom is 0.492 e. The molecule has 3 rings (SSSR count). The van der Waals surface area contributed by atoms with Gasteiger partial charge in [0.05, 0.1) is 4.92 Å². The van der Waals surface area contributed by atoms with Crippen LogP contribution < -0.4 is 20.1 Å². The Morgan fingerprint density at radius 1 is 1.15 bits per heavy atom. The van der Waals surface area contributed by atoms with E-state index in [1.54, 1.807) is 0 Å². The van der Waals surface area contributed by atoms with E-state index in [0.29, 0.717) is 0 Å². The summed E-state index contributed by atoms with van der Waals surface area (Å²) in [5.41, 5.74) is -0.812. The summed E-state index contributed by atoms with van der Waals surface area (Å²) in [7, 11) is 0. The van der Waals surface area contributed by atoms with Crippen molar-refractivity contribution in [2.24, 2.45) is 0 Å². The van der Waals surface area contributed by atoms with Gasteiger partial charge in [0, 0.05) is 17.2 Å². The Bertz CT molecular complexity index is 924. The number of nitrogens with one attached hydrogen (secondary N) is 2. The highest BCUT2D eigenvalue weighted by molar-refractivity contribution is 6.30. The number of nitro benzene ring substituents is 1. The molecule has 2 amide bonds. The van der Waals surface area contributed by atoms with E-state index in [9.17, 15) is 28.1 Å². The Kier molecular flexibility index (Phi) is 4.47. The van der Waals surface area contributed by atoms with Gasteiger partial charge in [-0.1, -0.05) is 23.7 Å². The fourth-order valence-electron chi connectivity index (χ4n) is 2.26. The predicted octanol–water partition coefficient (Wildman–Crippen LogP) is 4.06. The number of alkyl halides is 3. The molecule has 2 N–H and O–H groups in total. The molecule has 0 fully saturated rings. The average Bonchev–Trinajstić information content (AvgIpc) is 2.93. The third-order valence-corrected chi connectivity index (χ3v) is 3.65. The highest BCUT2D eigenvalue weighted by Gasteiger charge is 2.65. The van der Waals surface area contributed by atoms with Gasteiger partial charge in [0.15, 0.2) is 11.5 Å². The first kappa shape index (κ1) is 18.6. The smallest absolute Gasteiger partial charge is 0.424 e. The van der Waals surface area contributed by atoms with Crippen LogP contribution >= 0.6 is 11.6 Å². The number of halogens is 4. The second-order valence-corrected chi connectivity index (χ2v) is 5.70. The monoisotopic (exact) mass is 403 g/mol. The number of ether oxygens (including phenoxy) is 2. The van der Waals surface area contributed by atoms with Crippen LogP contribution in [-0.2, 0) is 0 Å². The van der Waals surface area contributed by atoms with Gasteiger partial charge in [-0.25, -0.2) is 4.79 Å². The Balaban J connectivity index is 1.85. The molecule has 0 saturated heterocycles. The van der Waals surface area contributed by atoms with Crippen LogP contribution in [0.4, 0.5) is 29.3 Å². The molecular weight excluding hydrogens is 395 g/mol. The number of carbonyl (C=O) groups is 1. The molecule has 142 valence electrons. The van der Waals surface area contributed by atoms with Crippen molar-refractivity contribution in [3.05, 3.63) is 57.6 Å². The van der Waals surface area contributed by atoms with Crippen LogP contribution in [0.2, 0.25) is 5.02 Å². The van der Waals surface area contributed by atoms with E-state index in [-0.39, 0.29) is 22.2 Å². The number of nitrogens with zero attached hydrogens (tertiary/aromatic N) is 1. The standard InChI is InChI=1S/C15H9ClF3N3O5/c16-8-5-6-11-12(7-8)27-15(26-11,14(17,18)19)21-13(23)20-9-3-1-2-4-10(9)22(24)25/h1-7H,(H2,20,21,23)/t15-/m1/s1. The first-order chi connectivity index (χ1) is 12.6. The Morgan fingerprint density at radius 2 is 1.81 bits per heavy atom. The van der Waals surface area contributed by atoms with E-state index in [1.807, 2.05) is 5.32 Å². The lowest BCUT2D eigenvalue weighted by Crippen LogP contribution is -2.65. The van der Waals surface area contributed by atoms with Crippen LogP contribution in [0, 0.1) is 10.1 Å². The van der Waals surface area contributed by atoms with Gasteiger partial charge < -0.3 is 14.8 Å². The van der Waals surface area contributed by atoms with Crippen molar-refractivity contribution >= 4 is 29.0 Å². The van der Waals surface area contributed by atoms with Crippen molar-refractivity contribution in [2.75, 3.05) is 5.32 Å². The van der Waals surface area contributed by atoms with Gasteiger partial charge in [0.1, 0.15) is 5.69 Å². The molecule has 0 spiro atoms. The van der Waals surface area contributed by atoms with Gasteiger partial charge in [0.25, 0.3) is 5.69 Å². The van der Waals surface area contributed by atoms with Crippen molar-refractivity contribution in [1.82, 2.24) is 5.32 Å². The molecule has 27 heavy (non-hydrogen) atoms. The molecule has 1 aliphatic heterocycles. The summed E-state index contributed by atoms with van der Waals surface area (Å²) in [4.78, 5) is 22.2. The minimum absolute atomic E-state index is 0.0969. The number of hydrogen-bond acceptors (Lipinski definition) is 5. The Morgan fingerprint density at radius 3 is 2.48 bits per heavy atom. The lowest BCUT2D eigenvalue weighted by Gasteiger charge is -2.29. The summed E-state index contributed by atoms with van der Waals surface area (Å²) in [5, 5.41) is 14.5. The number of carbonyl (C=O) groups excluding carboxylic acids is 1. The van der Waals surface area contributed by atoms with Crippen molar-refractivity contribution in [1.29, 1.82) is 0 Å². The number of rotatable bonds is 3. The summed E-state index contributed by atoms with van der Waals surface area (Å²) in [6.45, 7) is 0. The van der Waals surface area contributed by atoms with Crippen molar-refractivity contribution in [3.63, 3.8) is 0 Å². The van der Waals surface area contributed by atoms with Crippen molar-refractivity contribution in [2.45, 2.75) is 12.1 Å². The molecular formula is C15H9ClF3N3O5. The second-order valence-electron chi connectivity index (χ2n) is 5.26. The second kappa shape index (κ2) is 6.50. The SMILES string of the molecule is O=C(Nc1ccccc1[N+](=O)[O-])N[C@]1(C(F)(F)F)Oc2ccc(Cl)cc2O1. The number of nitro groups is 1. The molecule has 0 aromatic heterocycles. The van der Waals surface area contributed by atoms with Gasteiger partial charge in [0.2, 0.25) is 0 Å². The predicted molar refractivity (Wildman–Crippen MR) is 86.7 cm³/mol. The molecule has 0 saturated carbocycles. The Hall–Kier alpha value is -3.21. The van der Waals surface area contributed by atoms with Crippen molar-refractivity contribution in [3.8, 4) is 11.5 Å². The third-order valence-electron chi connectivity index (χ3n) is 3.41. The molecule has 0 aliphatic carbocycles. The number of hydrogen-bond donors (Lipinski definition) is 2. The molecule has 8 nitrogen and oxygen atoms in total. The zero-order valence-electron chi connectivity index (χ0n) is 13.0. The number of amides is 2. The number of benzene rings is 2. The topological polar surface area (TPSA) is 103 Å². The number of urea groups is 1. The number of para-hydroxylation sites is 2. The van der Waals surface area contributed by atoms with Crippen LogP contribution in [0.5, 0.6) is 11.5 Å². The molecule has 1 atom stereocenters. The Labute approximate surface area is 154 Å². The summed E-state index contributed by atoms with van der Waals surface area (Å²) >= 11 is 5.71. The van der Waals surface area contributed by atoms with Gasteiger partial charge >= 0.3 is 18.1 Å². The van der Waals surface area contributed by atoms with E-state index in [0.717, 1.165) is 24.3 Å². The number of anilines is 1. The van der Waals surface area contributed by atoms with Gasteiger partial charge in [-0.2, -0.15) is 13.2 Å². The van der Waals surface area contributed by atoms with Crippen LogP contribution in [0.25, 0.3) is 0 Å². The highest BCUT2D eigenvalue weighted by atomic mass is 35.5. The normalized spacial score (nSPS) is 18.1. The van der Waals surface area contributed by atoms with E-state index in [1.165, 1.54) is 23.5 Å². The summed E-state index contributed by atoms with van der Waals surface area (Å²) in [6, 6.07) is 7.02. The van der Waals surface area contributed by atoms with E-state index in [2.05, 4.69) is 0 Å². The maximum atomic E-state index is 13.6. The lowest BCUT2D eigenvalue weighted by atomic mass is 10.3. The number of fused-ring (bicyclic) bond motifs is 1. The molecule has 12 heteroatoms. The fraction of sp³-hybridized carbons (Fsp3) is 0.133. The van der Waals surface area contributed by atoms with E-state index < -0.39 is 28.7 Å². The third kappa shape index (κ3) is 3.53. The molecule has 1 heterocycles. The quantitative estimate of drug-likeness (QED) is 0.594. The average molecular weight is 404 g/mol. The lowest BCUT2D eigenvalue weighted by molar-refractivity contribution is -0.383. The zero-order valence-corrected chi connectivity index (χ0v) is 13.8. The van der Waals surface area contributed by atoms with E-state index >= 15 is 0 Å². The molecule has 2 aromatic carbocycles. The molecule has 2 aromatic rings. The van der Waals surface area contributed by atoms with Gasteiger partial charge in [-0.15, -0.1) is 0 Å². The van der Waals surface area contributed by atoms with Crippen molar-refractivity contribution < 1.29 is 32.4 Å². The van der Waals surface area contributed by atoms with Gasteiger partial charge in [-0.3, -0.25) is 15.4 Å². The molecule has 0 unspecified atom stereocenters. The van der Waals surface area contributed by atoms with Crippen LogP contribution in [0.1, 0.15) is 0 Å². The summed E-state index contributed by atoms with van der Waals surface area (Å²) in [5.74, 6) is -4.14. The first-order valence-electron chi connectivity index (χ1n) is 7.18. The highest BCUT2D eigenvalue weighted by Crippen LogP contribution is 2.46. The summed E-state index contributed by atoms with van der Waals surface area (Å²) < 4.78 is 50.2. The van der Waals surface area contributed by atoms with Gasteiger partial charge in [-0.05, 0) is 18.2 Å². The molecule has 1 aliphatic rings.